The van der Waals surface area contributed by atoms with E-state index in [1.165, 1.54) is 38.0 Å². The SMILES string of the molecule is COc1ccc([C@H]2O[C@@H](C(=O)O[C@H]3C[C@@]4(O)[C@@H](OC(=O)c5ccccc5)[C@@H]5[C@]6(OC(C)=O)CO[C@@H]6C[C@H](O)[C@@]5(C)C(=O)[C@H](OC(C)=O)C(=C3C)C4(C)C)[C@H](c3ccccc3)N2C(=O)c2ccccc2)cc1. The van der Waals surface area contributed by atoms with Crippen molar-refractivity contribution in [3.63, 3.8) is 0 Å². The molecule has 0 radical (unpaired) electrons. The van der Waals surface area contributed by atoms with Crippen LogP contribution in [-0.4, -0.2) is 112 Å². The average Bonchev–Trinajstić information content (AvgIpc) is 3.76. The maximum Gasteiger partial charge on any atom is 0.338 e. The minimum Gasteiger partial charge on any atom is -0.497 e. The summed E-state index contributed by atoms with van der Waals surface area (Å²) in [6.07, 6.45) is -11.0. The molecule has 1 amide bonds. The first-order chi connectivity index (χ1) is 33.8. The molecule has 2 saturated heterocycles. The summed E-state index contributed by atoms with van der Waals surface area (Å²) < 4.78 is 43.3. The van der Waals surface area contributed by atoms with E-state index < -0.39 is 119 Å². The number of benzene rings is 4. The summed E-state index contributed by atoms with van der Waals surface area (Å²) in [6, 6.07) is 31.1. The number of aliphatic hydroxyl groups is 2. The minimum atomic E-state index is -2.39. The van der Waals surface area contributed by atoms with E-state index in [-0.39, 0.29) is 29.7 Å². The molecule has 4 aromatic rings. The van der Waals surface area contributed by atoms with E-state index in [4.69, 9.17) is 33.2 Å². The Kier molecular flexibility index (Phi) is 12.8. The minimum absolute atomic E-state index is 0.0364. The van der Waals surface area contributed by atoms with Gasteiger partial charge in [0.1, 0.15) is 29.7 Å². The van der Waals surface area contributed by atoms with Gasteiger partial charge >= 0.3 is 23.9 Å². The first kappa shape index (κ1) is 49.3. The maximum absolute atomic E-state index is 15.8. The molecule has 16 nitrogen and oxygen atoms in total. The average molecular weight is 972 g/mol. The Morgan fingerprint density at radius 3 is 1.93 bits per heavy atom. The van der Waals surface area contributed by atoms with Gasteiger partial charge in [-0.1, -0.05) is 92.7 Å². The zero-order valence-electron chi connectivity index (χ0n) is 40.4. The van der Waals surface area contributed by atoms with Gasteiger partial charge in [-0.15, -0.1) is 0 Å². The number of rotatable bonds is 10. The van der Waals surface area contributed by atoms with Crippen molar-refractivity contribution in [1.82, 2.24) is 4.90 Å². The predicted molar refractivity (Wildman–Crippen MR) is 251 cm³/mol. The first-order valence-corrected chi connectivity index (χ1v) is 23.6. The number of ketones is 1. The van der Waals surface area contributed by atoms with Gasteiger partial charge < -0.3 is 43.4 Å². The highest BCUT2D eigenvalue weighted by molar-refractivity contribution is 5.97. The zero-order valence-corrected chi connectivity index (χ0v) is 40.4. The van der Waals surface area contributed by atoms with Crippen molar-refractivity contribution >= 4 is 35.6 Å². The smallest absolute Gasteiger partial charge is 0.338 e. The van der Waals surface area contributed by atoms with Crippen LogP contribution < -0.4 is 4.74 Å². The van der Waals surface area contributed by atoms with Gasteiger partial charge in [0.05, 0.1) is 42.8 Å². The van der Waals surface area contributed by atoms with Crippen molar-refractivity contribution < 1.29 is 72.1 Å². The van der Waals surface area contributed by atoms with E-state index in [9.17, 15) is 29.4 Å². The van der Waals surface area contributed by atoms with E-state index in [0.29, 0.717) is 22.4 Å². The normalized spacial score (nSPS) is 32.7. The topological polar surface area (TPSA) is 211 Å². The molecule has 2 bridgehead atoms. The molecule has 16 heteroatoms. The number of methoxy groups -OCH3 is 1. The molecular formula is C55H57NO15. The standard InChI is InChI=1S/C55H57NO15/c1-30-38(68-51(63)44-42(33-17-11-8-12-18-33)56(48(61)34-19-13-9-14-20-34)49(69-44)35-23-25-37(65-7)26-24-35)28-55(64)47(70-50(62)36-21-15-10-16-22-36)45-53(6,39(59)27-40-54(45,29-66-40)71-32(3)58)46(60)43(67-31(2)57)41(30)52(55,4)5/h8-26,38-40,42-45,47,49,59,64H,27-29H2,1-7H3/t38-,39-,40+,42-,43+,44+,45-,47-,49+,53+,54-,55+/m0/s1. The predicted octanol–water partition coefficient (Wildman–Crippen LogP) is 6.19. The lowest BCUT2D eigenvalue weighted by atomic mass is 9.44. The number of hydrogen-bond acceptors (Lipinski definition) is 15. The Hall–Kier alpha value is -6.72. The van der Waals surface area contributed by atoms with Crippen LogP contribution in [-0.2, 0) is 47.6 Å². The van der Waals surface area contributed by atoms with Crippen LogP contribution in [0.5, 0.6) is 5.75 Å². The Balaban J connectivity index is 1.21. The molecule has 2 heterocycles. The molecule has 5 aliphatic rings. The third kappa shape index (κ3) is 8.01. The van der Waals surface area contributed by atoms with Crippen molar-refractivity contribution in [2.45, 2.75) is 114 Å². The number of carbonyl (C=O) groups excluding carboxylic acids is 6. The fourth-order valence-corrected chi connectivity index (χ4v) is 11.9. The highest BCUT2D eigenvalue weighted by atomic mass is 16.6. The molecule has 0 unspecified atom stereocenters. The number of Topliss-reactive ketones (excluding diaryl/α,β-unsaturated/α-hetero) is 1. The molecule has 71 heavy (non-hydrogen) atoms. The zero-order chi connectivity index (χ0) is 50.8. The van der Waals surface area contributed by atoms with Crippen LogP contribution in [0.25, 0.3) is 0 Å². The lowest BCUT2D eigenvalue weighted by Gasteiger charge is -2.67. The lowest BCUT2D eigenvalue weighted by Crippen LogP contribution is -2.82. The van der Waals surface area contributed by atoms with Crippen molar-refractivity contribution in [2.75, 3.05) is 13.7 Å². The fourth-order valence-electron chi connectivity index (χ4n) is 11.9. The van der Waals surface area contributed by atoms with E-state index in [1.54, 1.807) is 124 Å². The summed E-state index contributed by atoms with van der Waals surface area (Å²) in [6.45, 7) is 8.20. The number of esters is 4. The summed E-state index contributed by atoms with van der Waals surface area (Å²) >= 11 is 0. The number of ether oxygens (including phenoxy) is 7. The van der Waals surface area contributed by atoms with Gasteiger partial charge in [-0.3, -0.25) is 24.1 Å². The Morgan fingerprint density at radius 2 is 1.37 bits per heavy atom. The van der Waals surface area contributed by atoms with Crippen molar-refractivity contribution in [2.24, 2.45) is 16.7 Å². The Morgan fingerprint density at radius 1 is 0.761 bits per heavy atom. The van der Waals surface area contributed by atoms with Crippen LogP contribution in [0.4, 0.5) is 0 Å². The largest absolute Gasteiger partial charge is 0.497 e. The van der Waals surface area contributed by atoms with E-state index in [1.807, 2.05) is 0 Å². The van der Waals surface area contributed by atoms with Gasteiger partial charge in [0.2, 0.25) is 0 Å². The summed E-state index contributed by atoms with van der Waals surface area (Å²) in [5, 5.41) is 26.2. The van der Waals surface area contributed by atoms with Gasteiger partial charge in [-0.2, -0.15) is 0 Å². The van der Waals surface area contributed by atoms with Crippen molar-refractivity contribution in [3.8, 4) is 5.75 Å². The van der Waals surface area contributed by atoms with Crippen molar-refractivity contribution in [3.05, 3.63) is 149 Å². The Labute approximate surface area is 410 Å². The van der Waals surface area contributed by atoms with Crippen LogP contribution in [0.1, 0.15) is 98.5 Å². The Bertz CT molecular complexity index is 2760. The number of nitrogens with zero attached hydrogens (tertiary/aromatic N) is 1. The molecular weight excluding hydrogens is 915 g/mol. The van der Waals surface area contributed by atoms with Gasteiger partial charge in [0.25, 0.3) is 5.91 Å². The highest BCUT2D eigenvalue weighted by Gasteiger charge is 2.78. The van der Waals surface area contributed by atoms with Crippen LogP contribution in [0, 0.1) is 16.7 Å². The lowest BCUT2D eigenvalue weighted by molar-refractivity contribution is -0.346. The van der Waals surface area contributed by atoms with E-state index in [0.717, 1.165) is 6.92 Å². The first-order valence-electron chi connectivity index (χ1n) is 23.6. The quantitative estimate of drug-likeness (QED) is 0.103. The number of carbonyl (C=O) groups is 6. The summed E-state index contributed by atoms with van der Waals surface area (Å²) in [5.74, 6) is -5.82. The van der Waals surface area contributed by atoms with Crippen LogP contribution >= 0.6 is 0 Å². The number of amides is 1. The number of fused-ring (bicyclic) bond motifs is 5. The summed E-state index contributed by atoms with van der Waals surface area (Å²) in [4.78, 5) is 88.3. The second-order valence-electron chi connectivity index (χ2n) is 19.8. The maximum atomic E-state index is 15.8. The van der Waals surface area contributed by atoms with E-state index in [2.05, 4.69) is 0 Å². The molecule has 2 saturated carbocycles. The molecule has 4 aromatic carbocycles. The number of hydrogen-bond donors (Lipinski definition) is 2. The molecule has 0 spiro atoms. The molecule has 4 fully saturated rings. The van der Waals surface area contributed by atoms with Crippen LogP contribution in [0.15, 0.2) is 126 Å². The van der Waals surface area contributed by atoms with Gasteiger partial charge in [0, 0.05) is 43.2 Å². The van der Waals surface area contributed by atoms with Gasteiger partial charge in [-0.25, -0.2) is 9.59 Å². The molecule has 372 valence electrons. The summed E-state index contributed by atoms with van der Waals surface area (Å²) in [7, 11) is 1.52. The molecule has 2 aliphatic heterocycles. The third-order valence-corrected chi connectivity index (χ3v) is 15.6. The monoisotopic (exact) mass is 971 g/mol. The van der Waals surface area contributed by atoms with Crippen LogP contribution in [0.3, 0.4) is 0 Å². The fraction of sp³-hybridized carbons (Fsp3) is 0.418. The molecule has 0 aromatic heterocycles. The second kappa shape index (κ2) is 18.5. The molecule has 3 aliphatic carbocycles. The molecule has 2 N–H and O–H groups in total. The van der Waals surface area contributed by atoms with Gasteiger partial charge in [0.15, 0.2) is 29.8 Å². The summed E-state index contributed by atoms with van der Waals surface area (Å²) in [5.41, 5.74) is -6.16. The molecule has 9 rings (SSSR count). The second-order valence-corrected chi connectivity index (χ2v) is 19.8. The molecule has 12 atom stereocenters. The highest BCUT2D eigenvalue weighted by Crippen LogP contribution is 2.64. The van der Waals surface area contributed by atoms with Gasteiger partial charge in [-0.05, 0) is 67.0 Å². The van der Waals surface area contributed by atoms with Crippen molar-refractivity contribution in [1.29, 1.82) is 0 Å². The van der Waals surface area contributed by atoms with E-state index >= 15 is 9.59 Å². The third-order valence-electron chi connectivity index (χ3n) is 15.6. The number of aliphatic hydroxyl groups excluding tert-OH is 1. The van der Waals surface area contributed by atoms with Crippen LogP contribution in [0.2, 0.25) is 0 Å².